The summed E-state index contributed by atoms with van der Waals surface area (Å²) in [5.74, 6) is 5.40. The summed E-state index contributed by atoms with van der Waals surface area (Å²) in [4.78, 5) is 0. The summed E-state index contributed by atoms with van der Waals surface area (Å²) in [6.45, 7) is 0. The van der Waals surface area contributed by atoms with E-state index in [-0.39, 0.29) is 0 Å². The molecule has 0 fully saturated rings. The summed E-state index contributed by atoms with van der Waals surface area (Å²) in [6.07, 6.45) is 0. The number of hydrogen-bond acceptors (Lipinski definition) is 3. The van der Waals surface area contributed by atoms with Crippen LogP contribution in [0.15, 0.2) is 66.0 Å². The lowest BCUT2D eigenvalue weighted by molar-refractivity contribution is 1.39. The number of hydrogen-bond donors (Lipinski definition) is 2. The van der Waals surface area contributed by atoms with Gasteiger partial charge in [-0.05, 0) is 28.3 Å². The third kappa shape index (κ3) is 2.52. The van der Waals surface area contributed by atoms with E-state index in [0.29, 0.717) is 0 Å². The number of nitrogens with one attached hydrogen (secondary N) is 1. The number of rotatable bonds is 3. The fourth-order valence-electron chi connectivity index (χ4n) is 2.05. The Bertz CT molecular complexity index is 657. The van der Waals surface area contributed by atoms with Crippen LogP contribution in [0.1, 0.15) is 0 Å². The zero-order valence-corrected chi connectivity index (χ0v) is 11.2. The first-order valence-electron chi connectivity index (χ1n) is 6.08. The Morgan fingerprint density at radius 3 is 1.89 bits per heavy atom. The zero-order chi connectivity index (χ0) is 13.1. The molecule has 1 aromatic heterocycles. The molecule has 1 heterocycles. The maximum atomic E-state index is 5.40. The lowest BCUT2D eigenvalue weighted by atomic mass is 10.0. The molecule has 0 radical (unpaired) electrons. The van der Waals surface area contributed by atoms with Crippen LogP contribution < -0.4 is 11.3 Å². The highest BCUT2D eigenvalue weighted by Crippen LogP contribution is 2.30. The van der Waals surface area contributed by atoms with Gasteiger partial charge in [-0.25, -0.2) is 5.84 Å². The van der Waals surface area contributed by atoms with Crippen molar-refractivity contribution >= 4 is 16.3 Å². The molecular weight excluding hydrogens is 252 g/mol. The van der Waals surface area contributed by atoms with Gasteiger partial charge in [0.15, 0.2) is 0 Å². The molecule has 3 rings (SSSR count). The predicted molar refractivity (Wildman–Crippen MR) is 83.0 cm³/mol. The molecule has 0 bridgehead atoms. The number of benzene rings is 2. The van der Waals surface area contributed by atoms with Crippen molar-refractivity contribution in [2.75, 3.05) is 5.43 Å². The van der Waals surface area contributed by atoms with Crippen LogP contribution in [0.5, 0.6) is 0 Å². The molecule has 3 heteroatoms. The summed E-state index contributed by atoms with van der Waals surface area (Å²) in [7, 11) is 0. The van der Waals surface area contributed by atoms with E-state index in [2.05, 4.69) is 65.4 Å². The van der Waals surface area contributed by atoms with Gasteiger partial charge >= 0.3 is 0 Å². The van der Waals surface area contributed by atoms with E-state index < -0.39 is 0 Å². The largest absolute Gasteiger partial charge is 0.315 e. The molecule has 19 heavy (non-hydrogen) atoms. The normalized spacial score (nSPS) is 10.4. The van der Waals surface area contributed by atoms with Crippen molar-refractivity contribution in [3.05, 3.63) is 66.0 Å². The molecule has 0 saturated heterocycles. The second kappa shape index (κ2) is 5.26. The predicted octanol–water partition coefficient (Wildman–Crippen LogP) is 4.37. The van der Waals surface area contributed by atoms with Gasteiger partial charge in [-0.15, -0.1) is 11.3 Å². The number of anilines is 1. The van der Waals surface area contributed by atoms with Crippen LogP contribution in [0.25, 0.3) is 22.3 Å². The maximum absolute atomic E-state index is 5.40. The Morgan fingerprint density at radius 1 is 0.737 bits per heavy atom. The quantitative estimate of drug-likeness (QED) is 0.546. The van der Waals surface area contributed by atoms with Crippen molar-refractivity contribution in [2.24, 2.45) is 5.84 Å². The highest BCUT2D eigenvalue weighted by Gasteiger charge is 2.02. The Kier molecular flexibility index (Phi) is 3.31. The van der Waals surface area contributed by atoms with E-state index in [1.807, 2.05) is 6.07 Å². The van der Waals surface area contributed by atoms with E-state index in [4.69, 9.17) is 5.84 Å². The van der Waals surface area contributed by atoms with Crippen LogP contribution >= 0.6 is 11.3 Å². The highest BCUT2D eigenvalue weighted by atomic mass is 32.1. The van der Waals surface area contributed by atoms with Crippen LogP contribution in [-0.4, -0.2) is 0 Å². The fourth-order valence-corrected chi connectivity index (χ4v) is 2.77. The van der Waals surface area contributed by atoms with Gasteiger partial charge < -0.3 is 5.43 Å². The number of nitrogens with two attached hydrogens (primary N) is 1. The standard InChI is InChI=1S/C16H14N2S/c17-18-16-10-15(11-19-16)14-8-6-13(7-9-14)12-4-2-1-3-5-12/h1-11,18H,17H2. The van der Waals surface area contributed by atoms with Gasteiger partial charge in [0.05, 0.1) is 0 Å². The van der Waals surface area contributed by atoms with Crippen LogP contribution in [0.4, 0.5) is 5.00 Å². The molecule has 0 saturated carbocycles. The average Bonchev–Trinajstić information content (AvgIpc) is 2.97. The van der Waals surface area contributed by atoms with E-state index in [0.717, 1.165) is 5.00 Å². The van der Waals surface area contributed by atoms with Gasteiger partial charge in [0.1, 0.15) is 5.00 Å². The summed E-state index contributed by atoms with van der Waals surface area (Å²) in [5, 5.41) is 3.08. The van der Waals surface area contributed by atoms with Gasteiger partial charge in [-0.2, -0.15) is 0 Å². The Balaban J connectivity index is 1.90. The van der Waals surface area contributed by atoms with E-state index in [9.17, 15) is 0 Å². The first-order chi connectivity index (χ1) is 9.36. The average molecular weight is 266 g/mol. The molecule has 0 spiro atoms. The monoisotopic (exact) mass is 266 g/mol. The first kappa shape index (κ1) is 12.0. The van der Waals surface area contributed by atoms with Crippen LogP contribution in [-0.2, 0) is 0 Å². The summed E-state index contributed by atoms with van der Waals surface area (Å²) in [6, 6.07) is 21.0. The van der Waals surface area contributed by atoms with Gasteiger partial charge in [-0.1, -0.05) is 54.6 Å². The molecular formula is C16H14N2S. The smallest absolute Gasteiger partial charge is 0.103 e. The number of thiophene rings is 1. The third-order valence-electron chi connectivity index (χ3n) is 3.07. The van der Waals surface area contributed by atoms with Gasteiger partial charge in [-0.3, -0.25) is 0 Å². The van der Waals surface area contributed by atoms with Gasteiger partial charge in [0.25, 0.3) is 0 Å². The summed E-state index contributed by atoms with van der Waals surface area (Å²) >= 11 is 1.61. The van der Waals surface area contributed by atoms with E-state index >= 15 is 0 Å². The van der Waals surface area contributed by atoms with Crippen molar-refractivity contribution < 1.29 is 0 Å². The van der Waals surface area contributed by atoms with Crippen LogP contribution in [0.2, 0.25) is 0 Å². The number of hydrazine groups is 1. The molecule has 2 aromatic carbocycles. The van der Waals surface area contributed by atoms with E-state index in [1.54, 1.807) is 11.3 Å². The zero-order valence-electron chi connectivity index (χ0n) is 10.3. The second-order valence-corrected chi connectivity index (χ2v) is 5.20. The number of nitrogen functional groups attached to an aromatic ring is 1. The Morgan fingerprint density at radius 2 is 1.32 bits per heavy atom. The molecule has 0 aliphatic rings. The highest BCUT2D eigenvalue weighted by molar-refractivity contribution is 7.14. The Hall–Kier alpha value is -2.10. The molecule has 94 valence electrons. The van der Waals surface area contributed by atoms with Crippen molar-refractivity contribution in [3.8, 4) is 22.3 Å². The molecule has 2 nitrogen and oxygen atoms in total. The lowest BCUT2D eigenvalue weighted by Crippen LogP contribution is -2.04. The van der Waals surface area contributed by atoms with Gasteiger partial charge in [0, 0.05) is 5.38 Å². The third-order valence-corrected chi connectivity index (χ3v) is 3.93. The summed E-state index contributed by atoms with van der Waals surface area (Å²) in [5.41, 5.74) is 7.54. The molecule has 3 N–H and O–H groups in total. The fraction of sp³-hybridized carbons (Fsp3) is 0. The van der Waals surface area contributed by atoms with E-state index in [1.165, 1.54) is 22.3 Å². The van der Waals surface area contributed by atoms with Gasteiger partial charge in [0.2, 0.25) is 0 Å². The minimum Gasteiger partial charge on any atom is -0.315 e. The first-order valence-corrected chi connectivity index (χ1v) is 6.96. The molecule has 0 unspecified atom stereocenters. The molecule has 0 aliphatic heterocycles. The van der Waals surface area contributed by atoms with Crippen molar-refractivity contribution in [1.29, 1.82) is 0 Å². The summed E-state index contributed by atoms with van der Waals surface area (Å²) < 4.78 is 0. The Labute approximate surface area is 116 Å². The van der Waals surface area contributed by atoms with Crippen molar-refractivity contribution in [3.63, 3.8) is 0 Å². The van der Waals surface area contributed by atoms with Crippen molar-refractivity contribution in [1.82, 2.24) is 0 Å². The van der Waals surface area contributed by atoms with Crippen molar-refractivity contribution in [2.45, 2.75) is 0 Å². The second-order valence-electron chi connectivity index (χ2n) is 4.29. The molecule has 0 aliphatic carbocycles. The van der Waals surface area contributed by atoms with Crippen LogP contribution in [0, 0.1) is 0 Å². The molecule has 0 amide bonds. The maximum Gasteiger partial charge on any atom is 0.103 e. The molecule has 3 aromatic rings. The minimum absolute atomic E-state index is 0.974. The SMILES string of the molecule is NNc1cc(-c2ccc(-c3ccccc3)cc2)cs1. The topological polar surface area (TPSA) is 38.0 Å². The molecule has 0 atom stereocenters. The minimum atomic E-state index is 0.974. The van der Waals surface area contributed by atoms with Crippen LogP contribution in [0.3, 0.4) is 0 Å². The lowest BCUT2D eigenvalue weighted by Gasteiger charge is -2.03.